The molecule has 0 bridgehead atoms. The fraction of sp³-hybridized carbons (Fsp3) is 0.579. The molecular weight excluding hydrogens is 382 g/mol. The van der Waals surface area contributed by atoms with Crippen molar-refractivity contribution in [1.82, 2.24) is 14.1 Å². The van der Waals surface area contributed by atoms with E-state index in [9.17, 15) is 18.0 Å². The monoisotopic (exact) mass is 409 g/mol. The zero-order valence-electron chi connectivity index (χ0n) is 16.1. The molecule has 2 saturated heterocycles. The summed E-state index contributed by atoms with van der Waals surface area (Å²) in [4.78, 5) is 28.2. The van der Waals surface area contributed by atoms with Crippen LogP contribution < -0.4 is 0 Å². The van der Waals surface area contributed by atoms with Gasteiger partial charge in [0.15, 0.2) is 0 Å². The van der Waals surface area contributed by atoms with Crippen LogP contribution in [0.3, 0.4) is 0 Å². The second-order valence-corrected chi connectivity index (χ2v) is 9.17. The molecule has 154 valence electrons. The Morgan fingerprint density at radius 2 is 1.82 bits per heavy atom. The van der Waals surface area contributed by atoms with E-state index in [1.54, 1.807) is 29.0 Å². The van der Waals surface area contributed by atoms with Crippen LogP contribution in [0.1, 0.15) is 12.0 Å². The smallest absolute Gasteiger partial charge is 0.228 e. The van der Waals surface area contributed by atoms with E-state index in [1.165, 1.54) is 4.31 Å². The van der Waals surface area contributed by atoms with Gasteiger partial charge in [-0.15, -0.1) is 0 Å². The van der Waals surface area contributed by atoms with Gasteiger partial charge in [-0.25, -0.2) is 8.42 Å². The zero-order valence-corrected chi connectivity index (χ0v) is 16.9. The molecule has 0 radical (unpaired) electrons. The predicted octanol–water partition coefficient (Wildman–Crippen LogP) is 0.156. The van der Waals surface area contributed by atoms with Crippen LogP contribution in [0.15, 0.2) is 30.3 Å². The van der Waals surface area contributed by atoms with Crippen LogP contribution in [0.2, 0.25) is 0 Å². The average Bonchev–Trinajstić information content (AvgIpc) is 3.07. The Morgan fingerprint density at radius 3 is 2.46 bits per heavy atom. The van der Waals surface area contributed by atoms with E-state index in [4.69, 9.17) is 4.74 Å². The van der Waals surface area contributed by atoms with Crippen LogP contribution in [-0.4, -0.2) is 87.3 Å². The molecule has 2 fully saturated rings. The number of hydrogen-bond acceptors (Lipinski definition) is 5. The molecule has 1 aromatic rings. The van der Waals surface area contributed by atoms with Crippen molar-refractivity contribution in [2.75, 3.05) is 53.0 Å². The minimum atomic E-state index is -3.41. The van der Waals surface area contributed by atoms with Gasteiger partial charge in [-0.1, -0.05) is 30.3 Å². The molecule has 0 aliphatic carbocycles. The van der Waals surface area contributed by atoms with Crippen molar-refractivity contribution < 1.29 is 22.7 Å². The van der Waals surface area contributed by atoms with E-state index in [2.05, 4.69) is 0 Å². The molecule has 2 aliphatic rings. The molecule has 8 nitrogen and oxygen atoms in total. The van der Waals surface area contributed by atoms with Gasteiger partial charge in [0.05, 0.1) is 18.3 Å². The number of benzene rings is 1. The summed E-state index contributed by atoms with van der Waals surface area (Å²) in [5, 5.41) is 0. The molecule has 3 rings (SSSR count). The summed E-state index contributed by atoms with van der Waals surface area (Å²) in [6.45, 7) is 2.64. The highest BCUT2D eigenvalue weighted by atomic mass is 32.2. The third-order valence-corrected chi connectivity index (χ3v) is 7.11. The largest absolute Gasteiger partial charge is 0.383 e. The number of methoxy groups -OCH3 is 1. The number of rotatable bonds is 7. The Bertz CT molecular complexity index is 791. The molecule has 1 aromatic carbocycles. The van der Waals surface area contributed by atoms with Gasteiger partial charge in [-0.05, 0) is 5.56 Å². The number of piperazine rings is 1. The standard InChI is InChI=1S/C19H27N3O5S/c1-27-12-11-21-14-17(13-18(21)23)19(24)20-7-9-22(10-8-20)28(25,26)15-16-5-3-2-4-6-16/h2-6,17H,7-15H2,1H3/t17-/m0/s1. The third kappa shape index (κ3) is 4.89. The SMILES string of the molecule is COCCN1C[C@@H](C(=O)N2CCN(S(=O)(=O)Cc3ccccc3)CC2)CC1=O. The first-order chi connectivity index (χ1) is 13.4. The van der Waals surface area contributed by atoms with Crippen LogP contribution in [0.4, 0.5) is 0 Å². The number of likely N-dealkylation sites (tertiary alicyclic amines) is 1. The molecule has 0 aromatic heterocycles. The predicted molar refractivity (Wildman–Crippen MR) is 104 cm³/mol. The molecule has 2 amide bonds. The van der Waals surface area contributed by atoms with Crippen LogP contribution in [0, 0.1) is 5.92 Å². The zero-order chi connectivity index (χ0) is 20.1. The van der Waals surface area contributed by atoms with E-state index in [-0.39, 0.29) is 43.0 Å². The van der Waals surface area contributed by atoms with Crippen molar-refractivity contribution in [3.05, 3.63) is 35.9 Å². The van der Waals surface area contributed by atoms with Crippen molar-refractivity contribution in [3.63, 3.8) is 0 Å². The van der Waals surface area contributed by atoms with Gasteiger partial charge in [0.1, 0.15) is 0 Å². The first-order valence-electron chi connectivity index (χ1n) is 9.48. The maximum absolute atomic E-state index is 12.8. The Morgan fingerprint density at radius 1 is 1.14 bits per heavy atom. The molecule has 9 heteroatoms. The van der Waals surface area contributed by atoms with Gasteiger partial charge in [0, 0.05) is 52.8 Å². The summed E-state index contributed by atoms with van der Waals surface area (Å²) in [7, 11) is -1.84. The van der Waals surface area contributed by atoms with Crippen LogP contribution >= 0.6 is 0 Å². The van der Waals surface area contributed by atoms with E-state index < -0.39 is 10.0 Å². The Balaban J connectivity index is 1.52. The minimum Gasteiger partial charge on any atom is -0.383 e. The maximum Gasteiger partial charge on any atom is 0.228 e. The van der Waals surface area contributed by atoms with Crippen molar-refractivity contribution in [1.29, 1.82) is 0 Å². The molecule has 28 heavy (non-hydrogen) atoms. The summed E-state index contributed by atoms with van der Waals surface area (Å²) in [6.07, 6.45) is 0.217. The lowest BCUT2D eigenvalue weighted by molar-refractivity contribution is -0.137. The van der Waals surface area contributed by atoms with E-state index in [0.29, 0.717) is 32.8 Å². The molecule has 0 saturated carbocycles. The highest BCUT2D eigenvalue weighted by Gasteiger charge is 2.38. The van der Waals surface area contributed by atoms with Crippen LogP contribution in [0.5, 0.6) is 0 Å². The van der Waals surface area contributed by atoms with Gasteiger partial charge < -0.3 is 14.5 Å². The normalized spacial score (nSPS) is 21.3. The van der Waals surface area contributed by atoms with Gasteiger partial charge in [-0.3, -0.25) is 9.59 Å². The second kappa shape index (κ2) is 9.02. The number of sulfonamides is 1. The molecular formula is C19H27N3O5S. The molecule has 1 atom stereocenters. The number of amides is 2. The lowest BCUT2D eigenvalue weighted by Gasteiger charge is -2.35. The van der Waals surface area contributed by atoms with Gasteiger partial charge in [-0.2, -0.15) is 4.31 Å². The van der Waals surface area contributed by atoms with Crippen molar-refractivity contribution in [2.45, 2.75) is 12.2 Å². The second-order valence-electron chi connectivity index (χ2n) is 7.20. The average molecular weight is 410 g/mol. The summed E-state index contributed by atoms with van der Waals surface area (Å²) >= 11 is 0. The Hall–Kier alpha value is -1.97. The van der Waals surface area contributed by atoms with Crippen molar-refractivity contribution in [3.8, 4) is 0 Å². The Labute approximate surface area is 166 Å². The fourth-order valence-corrected chi connectivity index (χ4v) is 5.19. The maximum atomic E-state index is 12.8. The van der Waals surface area contributed by atoms with Gasteiger partial charge in [0.25, 0.3) is 0 Å². The summed E-state index contributed by atoms with van der Waals surface area (Å²) < 4.78 is 31.7. The topological polar surface area (TPSA) is 87.2 Å². The molecule has 0 spiro atoms. The van der Waals surface area contributed by atoms with Crippen LogP contribution in [0.25, 0.3) is 0 Å². The highest BCUT2D eigenvalue weighted by molar-refractivity contribution is 7.88. The molecule has 0 unspecified atom stereocenters. The van der Waals surface area contributed by atoms with Gasteiger partial charge >= 0.3 is 0 Å². The highest BCUT2D eigenvalue weighted by Crippen LogP contribution is 2.21. The molecule has 0 N–H and O–H groups in total. The fourth-order valence-electron chi connectivity index (χ4n) is 3.68. The van der Waals surface area contributed by atoms with E-state index in [0.717, 1.165) is 5.56 Å². The minimum absolute atomic E-state index is 0.0283. The number of hydrogen-bond donors (Lipinski definition) is 0. The summed E-state index contributed by atoms with van der Waals surface area (Å²) in [5.74, 6) is -0.474. The van der Waals surface area contributed by atoms with Gasteiger partial charge in [0.2, 0.25) is 21.8 Å². The summed E-state index contributed by atoms with van der Waals surface area (Å²) in [5.41, 5.74) is 0.752. The quantitative estimate of drug-likeness (QED) is 0.640. The van der Waals surface area contributed by atoms with Crippen molar-refractivity contribution >= 4 is 21.8 Å². The van der Waals surface area contributed by atoms with E-state index in [1.807, 2.05) is 18.2 Å². The lowest BCUT2D eigenvalue weighted by Crippen LogP contribution is -2.52. The number of ether oxygens (including phenoxy) is 1. The Kier molecular flexibility index (Phi) is 6.69. The van der Waals surface area contributed by atoms with Crippen molar-refractivity contribution in [2.24, 2.45) is 5.92 Å². The summed E-state index contributed by atoms with van der Waals surface area (Å²) in [6, 6.07) is 9.08. The number of carbonyl (C=O) groups is 2. The van der Waals surface area contributed by atoms with Crippen LogP contribution in [-0.2, 0) is 30.1 Å². The number of nitrogens with zero attached hydrogens (tertiary/aromatic N) is 3. The lowest BCUT2D eigenvalue weighted by atomic mass is 10.1. The molecule has 2 heterocycles. The molecule has 2 aliphatic heterocycles. The third-order valence-electron chi connectivity index (χ3n) is 5.26. The number of carbonyl (C=O) groups excluding carboxylic acids is 2. The first-order valence-corrected chi connectivity index (χ1v) is 11.1. The first kappa shape index (κ1) is 20.8. The van der Waals surface area contributed by atoms with E-state index >= 15 is 0 Å².